The molecule has 212 valence electrons. The molecule has 1 aromatic heterocycles. The monoisotopic (exact) mass is 580 g/mol. The lowest BCUT2D eigenvalue weighted by Crippen LogP contribution is -2.41. The average molecular weight is 581 g/mol. The van der Waals surface area contributed by atoms with Crippen LogP contribution in [-0.4, -0.2) is 64.0 Å². The number of aromatic nitrogens is 2. The van der Waals surface area contributed by atoms with Crippen molar-refractivity contribution in [3.63, 3.8) is 0 Å². The highest BCUT2D eigenvalue weighted by atomic mass is 35.5. The van der Waals surface area contributed by atoms with Crippen LogP contribution in [0.5, 0.6) is 5.75 Å². The first-order chi connectivity index (χ1) is 18.6. The Morgan fingerprint density at radius 2 is 2.05 bits per heavy atom. The van der Waals surface area contributed by atoms with Gasteiger partial charge in [-0.3, -0.25) is 9.32 Å². The number of carbonyl (C=O) groups is 1. The Morgan fingerprint density at radius 1 is 1.28 bits per heavy atom. The number of nitrogens with one attached hydrogen (secondary N) is 2. The molecule has 14 heteroatoms. The highest BCUT2D eigenvalue weighted by Crippen LogP contribution is 2.50. The summed E-state index contributed by atoms with van der Waals surface area (Å²) < 4.78 is 21.2. The van der Waals surface area contributed by atoms with Gasteiger partial charge in [-0.2, -0.15) is 4.98 Å². The Labute approximate surface area is 231 Å². The molecule has 6 N–H and O–H groups in total. The van der Waals surface area contributed by atoms with Gasteiger partial charge in [-0.25, -0.2) is 9.55 Å². The largest absolute Gasteiger partial charge is 0.495 e. The predicted molar refractivity (Wildman–Crippen MR) is 146 cm³/mol. The smallest absolute Gasteiger partial charge is 0.469 e. The summed E-state index contributed by atoms with van der Waals surface area (Å²) in [5, 5.41) is 6.80. The molecule has 0 bridgehead atoms. The maximum atomic E-state index is 13.3. The van der Waals surface area contributed by atoms with E-state index in [9.17, 15) is 9.36 Å². The number of halogens is 1. The summed E-state index contributed by atoms with van der Waals surface area (Å²) in [5.74, 6) is 2.39. The van der Waals surface area contributed by atoms with Crippen LogP contribution in [0.2, 0.25) is 5.02 Å². The first-order valence-corrected chi connectivity index (χ1v) is 15.0. The Bertz CT molecular complexity index is 1260. The molecular weight excluding hydrogens is 547 g/mol. The van der Waals surface area contributed by atoms with E-state index in [0.717, 1.165) is 12.1 Å². The van der Waals surface area contributed by atoms with Gasteiger partial charge in [-0.1, -0.05) is 17.7 Å². The molecule has 3 aliphatic rings. The highest BCUT2D eigenvalue weighted by molar-refractivity contribution is 7.46. The molecule has 12 nitrogen and oxygen atoms in total. The number of anilines is 2. The third-order valence-corrected chi connectivity index (χ3v) is 8.66. The Kier molecular flexibility index (Phi) is 8.32. The molecule has 1 amide bonds. The Hall–Kier alpha value is -2.47. The molecule has 2 saturated carbocycles. The van der Waals surface area contributed by atoms with Gasteiger partial charge in [0.2, 0.25) is 5.95 Å². The first-order valence-electron chi connectivity index (χ1n) is 13.1. The van der Waals surface area contributed by atoms with E-state index in [-0.39, 0.29) is 18.0 Å². The molecule has 3 fully saturated rings. The zero-order chi connectivity index (χ0) is 27.7. The molecule has 0 radical (unpaired) electrons. The van der Waals surface area contributed by atoms with E-state index < -0.39 is 13.9 Å². The Morgan fingerprint density at radius 3 is 2.72 bits per heavy atom. The zero-order valence-corrected chi connectivity index (χ0v) is 23.3. The van der Waals surface area contributed by atoms with Gasteiger partial charge >= 0.3 is 7.82 Å². The van der Waals surface area contributed by atoms with Gasteiger partial charge in [0.1, 0.15) is 17.1 Å². The quantitative estimate of drug-likeness (QED) is 0.262. The maximum absolute atomic E-state index is 13.3. The van der Waals surface area contributed by atoms with Crippen molar-refractivity contribution in [1.82, 2.24) is 15.3 Å². The number of rotatable bonds is 10. The number of fused-ring (bicyclic) bond motifs is 1. The predicted octanol–water partition coefficient (Wildman–Crippen LogP) is 2.68. The lowest BCUT2D eigenvalue weighted by Gasteiger charge is -2.29. The van der Waals surface area contributed by atoms with Crippen molar-refractivity contribution in [3.8, 4) is 5.75 Å². The molecule has 2 heterocycles. The summed E-state index contributed by atoms with van der Waals surface area (Å²) in [5.41, 5.74) is 7.26. The standard InChI is InChI=1S/C25H34ClN6O6P/c1-37-22-7-2-14(8-20(22)26)11-28-23-19(12-29-25(31-23)32-13-15-9-18(15)21(32)10-27)24(33)30-16-3-5-17(6-4-16)38-39(34,35)36/h2,7-8,12,15-18,21H,3-6,9-11,13,27H2,1H3,(H,30,33)(H,28,29,31)(H2,34,35,36)/t15?,16-,17-,18?,21?. The number of benzene rings is 1. The second-order valence-electron chi connectivity index (χ2n) is 10.4. The fourth-order valence-corrected chi connectivity index (χ4v) is 6.57. The molecular formula is C25H34ClN6O6P. The van der Waals surface area contributed by atoms with Crippen LogP contribution >= 0.6 is 19.4 Å². The van der Waals surface area contributed by atoms with Crippen LogP contribution in [0.1, 0.15) is 48.0 Å². The van der Waals surface area contributed by atoms with E-state index in [4.69, 9.17) is 41.4 Å². The summed E-state index contributed by atoms with van der Waals surface area (Å²) >= 11 is 6.29. The van der Waals surface area contributed by atoms with Crippen molar-refractivity contribution in [1.29, 1.82) is 0 Å². The molecule has 2 aromatic rings. The van der Waals surface area contributed by atoms with Crippen molar-refractivity contribution >= 4 is 37.1 Å². The average Bonchev–Trinajstić information content (AvgIpc) is 3.57. The van der Waals surface area contributed by atoms with Crippen LogP contribution in [0.15, 0.2) is 24.4 Å². The van der Waals surface area contributed by atoms with Crippen LogP contribution in [0.3, 0.4) is 0 Å². The van der Waals surface area contributed by atoms with E-state index in [1.54, 1.807) is 25.4 Å². The number of hydrogen-bond donors (Lipinski definition) is 5. The molecule has 1 aromatic carbocycles. The van der Waals surface area contributed by atoms with E-state index in [1.165, 1.54) is 6.42 Å². The summed E-state index contributed by atoms with van der Waals surface area (Å²) in [6.07, 6.45) is 4.15. The van der Waals surface area contributed by atoms with Gasteiger partial charge in [0, 0.05) is 37.9 Å². The molecule has 1 saturated heterocycles. The number of methoxy groups -OCH3 is 1. The van der Waals surface area contributed by atoms with E-state index in [0.29, 0.717) is 78.7 Å². The molecule has 1 aliphatic heterocycles. The summed E-state index contributed by atoms with van der Waals surface area (Å²) in [4.78, 5) is 42.9. The lowest BCUT2D eigenvalue weighted by molar-refractivity contribution is 0.0820. The summed E-state index contributed by atoms with van der Waals surface area (Å²) in [6, 6.07) is 5.50. The van der Waals surface area contributed by atoms with Gasteiger partial charge in [0.15, 0.2) is 0 Å². The van der Waals surface area contributed by atoms with Crippen LogP contribution < -0.4 is 26.0 Å². The number of amides is 1. The molecule has 3 atom stereocenters. The van der Waals surface area contributed by atoms with Gasteiger partial charge in [-0.05, 0) is 61.6 Å². The third kappa shape index (κ3) is 6.65. The lowest BCUT2D eigenvalue weighted by atomic mass is 9.93. The molecule has 2 aliphatic carbocycles. The normalized spacial score (nSPS) is 26.2. The first kappa shape index (κ1) is 28.1. The fraction of sp³-hybridized carbons (Fsp3) is 0.560. The van der Waals surface area contributed by atoms with Crippen LogP contribution in [0, 0.1) is 11.8 Å². The molecule has 39 heavy (non-hydrogen) atoms. The topological polar surface area (TPSA) is 172 Å². The van der Waals surface area contributed by atoms with Crippen LogP contribution in [-0.2, 0) is 15.6 Å². The minimum absolute atomic E-state index is 0.158. The summed E-state index contributed by atoms with van der Waals surface area (Å²) in [7, 11) is -2.98. The summed E-state index contributed by atoms with van der Waals surface area (Å²) in [6.45, 7) is 1.75. The second-order valence-corrected chi connectivity index (χ2v) is 12.0. The number of phosphoric ester groups is 1. The van der Waals surface area contributed by atoms with Gasteiger partial charge in [0.25, 0.3) is 5.91 Å². The van der Waals surface area contributed by atoms with E-state index in [2.05, 4.69) is 20.5 Å². The zero-order valence-electron chi connectivity index (χ0n) is 21.6. The second kappa shape index (κ2) is 11.6. The van der Waals surface area contributed by atoms with Crippen molar-refractivity contribution in [2.45, 2.75) is 56.8 Å². The SMILES string of the molecule is COc1ccc(CNc2nc(N3CC4CC4C3CN)ncc2C(=O)N[C@H]2CC[C@H](OP(=O)(O)O)CC2)cc1Cl. The number of nitrogens with two attached hydrogens (primary N) is 1. The number of phosphoric acid groups is 1. The fourth-order valence-electron chi connectivity index (χ4n) is 5.69. The van der Waals surface area contributed by atoms with Crippen molar-refractivity contribution in [2.24, 2.45) is 17.6 Å². The van der Waals surface area contributed by atoms with Gasteiger partial charge in [0.05, 0.1) is 18.2 Å². The number of ether oxygens (including phenoxy) is 1. The number of hydrogen-bond acceptors (Lipinski definition) is 9. The number of piperidine rings is 1. The molecule has 5 rings (SSSR count). The third-order valence-electron chi connectivity index (χ3n) is 7.79. The number of carbonyl (C=O) groups excluding carboxylic acids is 1. The van der Waals surface area contributed by atoms with Crippen LogP contribution in [0.25, 0.3) is 0 Å². The molecule has 0 spiro atoms. The van der Waals surface area contributed by atoms with Gasteiger partial charge < -0.3 is 35.8 Å². The van der Waals surface area contributed by atoms with Crippen molar-refractivity contribution < 1.29 is 28.4 Å². The minimum atomic E-state index is -4.54. The van der Waals surface area contributed by atoms with Crippen molar-refractivity contribution in [3.05, 3.63) is 40.5 Å². The van der Waals surface area contributed by atoms with E-state index >= 15 is 0 Å². The van der Waals surface area contributed by atoms with Crippen molar-refractivity contribution in [2.75, 3.05) is 30.4 Å². The molecule has 3 unspecified atom stereocenters. The van der Waals surface area contributed by atoms with E-state index in [1.807, 2.05) is 6.07 Å². The Balaban J connectivity index is 1.31. The highest BCUT2D eigenvalue weighted by Gasteiger charge is 2.52. The van der Waals surface area contributed by atoms with Crippen LogP contribution in [0.4, 0.5) is 11.8 Å². The minimum Gasteiger partial charge on any atom is -0.495 e. The maximum Gasteiger partial charge on any atom is 0.469 e. The van der Waals surface area contributed by atoms with Gasteiger partial charge in [-0.15, -0.1) is 0 Å². The number of nitrogens with zero attached hydrogens (tertiary/aromatic N) is 3.